The van der Waals surface area contributed by atoms with Crippen molar-refractivity contribution in [2.75, 3.05) is 6.54 Å². The number of carbonyl (C=O) groups is 1. The van der Waals surface area contributed by atoms with Gasteiger partial charge >= 0.3 is 12.2 Å². The van der Waals surface area contributed by atoms with Crippen molar-refractivity contribution in [3.63, 3.8) is 0 Å². The predicted molar refractivity (Wildman–Crippen MR) is 56.7 cm³/mol. The molecule has 0 saturated carbocycles. The molecule has 0 aliphatic heterocycles. The zero-order valence-electron chi connectivity index (χ0n) is 9.10. The maximum absolute atomic E-state index is 12.4. The van der Waals surface area contributed by atoms with Crippen molar-refractivity contribution in [2.24, 2.45) is 0 Å². The zero-order chi connectivity index (χ0) is 13.9. The second kappa shape index (κ2) is 5.33. The summed E-state index contributed by atoms with van der Waals surface area (Å²) >= 11 is 5.55. The molecule has 0 unspecified atom stereocenters. The molecule has 0 atom stereocenters. The number of hydrogen-bond donors (Lipinski definition) is 2. The van der Waals surface area contributed by atoms with Gasteiger partial charge in [0, 0.05) is 6.54 Å². The molecule has 4 nitrogen and oxygen atoms in total. The van der Waals surface area contributed by atoms with Gasteiger partial charge in [-0.3, -0.25) is 5.21 Å². The molecule has 1 aliphatic rings. The molecule has 1 rings (SSSR count). The molecule has 0 saturated heterocycles. The molecule has 2 amide bonds. The Morgan fingerprint density at radius 2 is 2.17 bits per heavy atom. The SMILES string of the molecule is CCNC(=O)N(O)C1=CC(C(F)(F)F)=C=C=C1Cl. The maximum Gasteiger partial charge on any atom is 0.424 e. The molecule has 0 aromatic carbocycles. The van der Waals surface area contributed by atoms with Gasteiger partial charge < -0.3 is 5.32 Å². The van der Waals surface area contributed by atoms with E-state index in [4.69, 9.17) is 11.6 Å². The molecule has 18 heavy (non-hydrogen) atoms. The third kappa shape index (κ3) is 3.18. The number of urea groups is 1. The second-order valence-corrected chi connectivity index (χ2v) is 3.53. The van der Waals surface area contributed by atoms with E-state index in [0.29, 0.717) is 6.08 Å². The molecule has 1 aliphatic carbocycles. The lowest BCUT2D eigenvalue weighted by atomic mass is 10.1. The molecule has 2 N–H and O–H groups in total. The Bertz CT molecular complexity index is 498. The molecular formula is C10H8ClF3N2O2. The fraction of sp³-hybridized carbons (Fsp3) is 0.300. The lowest BCUT2D eigenvalue weighted by molar-refractivity contribution is -0.0885. The average molecular weight is 281 g/mol. The van der Waals surface area contributed by atoms with Crippen LogP contribution >= 0.6 is 11.6 Å². The first kappa shape index (κ1) is 14.4. The van der Waals surface area contributed by atoms with Crippen molar-refractivity contribution in [1.82, 2.24) is 10.4 Å². The van der Waals surface area contributed by atoms with Gasteiger partial charge in [-0.05, 0) is 18.7 Å². The molecule has 0 fully saturated rings. The van der Waals surface area contributed by atoms with Crippen molar-refractivity contribution < 1.29 is 23.2 Å². The molecular weight excluding hydrogens is 273 g/mol. The summed E-state index contributed by atoms with van der Waals surface area (Å²) in [4.78, 5) is 11.3. The molecule has 0 radical (unpaired) electrons. The lowest BCUT2D eigenvalue weighted by Crippen LogP contribution is -2.37. The Labute approximate surface area is 105 Å². The minimum Gasteiger partial charge on any atom is -0.336 e. The molecule has 8 heteroatoms. The first-order valence-corrected chi connectivity index (χ1v) is 5.12. The van der Waals surface area contributed by atoms with Crippen molar-refractivity contribution in [3.05, 3.63) is 33.8 Å². The molecule has 0 spiro atoms. The van der Waals surface area contributed by atoms with E-state index in [9.17, 15) is 23.2 Å². The van der Waals surface area contributed by atoms with Crippen LogP contribution in [0.1, 0.15) is 6.92 Å². The first-order chi connectivity index (χ1) is 8.27. The van der Waals surface area contributed by atoms with Gasteiger partial charge in [-0.25, -0.2) is 4.79 Å². The van der Waals surface area contributed by atoms with Gasteiger partial charge in [-0.1, -0.05) is 17.3 Å². The summed E-state index contributed by atoms with van der Waals surface area (Å²) in [5, 5.41) is 11.3. The van der Waals surface area contributed by atoms with Crippen LogP contribution in [0.5, 0.6) is 0 Å². The third-order valence-electron chi connectivity index (χ3n) is 1.87. The summed E-state index contributed by atoms with van der Waals surface area (Å²) < 4.78 is 37.3. The van der Waals surface area contributed by atoms with Gasteiger partial charge in [-0.2, -0.15) is 18.2 Å². The van der Waals surface area contributed by atoms with Crippen LogP contribution in [0.3, 0.4) is 0 Å². The van der Waals surface area contributed by atoms with E-state index < -0.39 is 23.5 Å². The Kier molecular flexibility index (Phi) is 4.27. The Hall–Kier alpha value is -1.65. The van der Waals surface area contributed by atoms with Crippen LogP contribution < -0.4 is 5.32 Å². The largest absolute Gasteiger partial charge is 0.424 e. The minimum atomic E-state index is -4.67. The zero-order valence-corrected chi connectivity index (χ0v) is 9.85. The Morgan fingerprint density at radius 1 is 1.56 bits per heavy atom. The van der Waals surface area contributed by atoms with Crippen LogP contribution in [-0.4, -0.2) is 29.0 Å². The summed E-state index contributed by atoms with van der Waals surface area (Å²) in [7, 11) is 0. The fourth-order valence-electron chi connectivity index (χ4n) is 1.06. The van der Waals surface area contributed by atoms with Gasteiger partial charge in [0.15, 0.2) is 0 Å². The van der Waals surface area contributed by atoms with Crippen molar-refractivity contribution in [3.8, 4) is 0 Å². The van der Waals surface area contributed by atoms with Gasteiger partial charge in [0.2, 0.25) is 0 Å². The Morgan fingerprint density at radius 3 is 2.67 bits per heavy atom. The number of nitrogens with zero attached hydrogens (tertiary/aromatic N) is 1. The van der Waals surface area contributed by atoms with E-state index in [1.807, 2.05) is 5.73 Å². The Balaban J connectivity index is 3.08. The summed E-state index contributed by atoms with van der Waals surface area (Å²) in [5.74, 6) is 0. The number of alkyl halides is 3. The summed E-state index contributed by atoms with van der Waals surface area (Å²) in [5.41, 5.74) is 2.07. The van der Waals surface area contributed by atoms with Gasteiger partial charge in [0.25, 0.3) is 0 Å². The normalized spacial score (nSPS) is 14.7. The number of halogens is 4. The third-order valence-corrected chi connectivity index (χ3v) is 2.15. The molecule has 0 aromatic heterocycles. The van der Waals surface area contributed by atoms with Gasteiger partial charge in [-0.15, -0.1) is 0 Å². The van der Waals surface area contributed by atoms with Crippen LogP contribution in [0.2, 0.25) is 0 Å². The van der Waals surface area contributed by atoms with Gasteiger partial charge in [0.05, 0.1) is 0 Å². The van der Waals surface area contributed by atoms with E-state index >= 15 is 0 Å². The van der Waals surface area contributed by atoms with Crippen LogP contribution in [0.4, 0.5) is 18.0 Å². The summed E-state index contributed by atoms with van der Waals surface area (Å²) in [6.07, 6.45) is -4.16. The summed E-state index contributed by atoms with van der Waals surface area (Å²) in [6, 6.07) is -0.993. The van der Waals surface area contributed by atoms with Gasteiger partial charge in [0.1, 0.15) is 16.3 Å². The predicted octanol–water partition coefficient (Wildman–Crippen LogP) is 2.67. The first-order valence-electron chi connectivity index (χ1n) is 4.75. The average Bonchev–Trinajstić information content (AvgIpc) is 2.27. The number of nitrogens with one attached hydrogen (secondary N) is 1. The number of rotatable bonds is 2. The van der Waals surface area contributed by atoms with E-state index in [0.717, 1.165) is 0 Å². The maximum atomic E-state index is 12.4. The van der Waals surface area contributed by atoms with Crippen LogP contribution in [0.15, 0.2) is 33.8 Å². The van der Waals surface area contributed by atoms with Crippen molar-refractivity contribution >= 4 is 17.6 Å². The van der Waals surface area contributed by atoms with E-state index in [-0.39, 0.29) is 16.6 Å². The standard InChI is InChI=1S/C10H8ClF3N2O2/c1-2-15-9(17)16(18)8-5-6(10(12,13)14)3-4-7(8)11/h5,18H,2H2,1H3,(H,15,17). The highest BCUT2D eigenvalue weighted by Gasteiger charge is 2.35. The van der Waals surface area contributed by atoms with Crippen molar-refractivity contribution in [1.29, 1.82) is 0 Å². The van der Waals surface area contributed by atoms with Crippen LogP contribution in [0.25, 0.3) is 0 Å². The number of allylic oxidation sites excluding steroid dienone is 3. The topological polar surface area (TPSA) is 52.6 Å². The van der Waals surface area contributed by atoms with E-state index in [2.05, 4.69) is 5.32 Å². The monoisotopic (exact) mass is 280 g/mol. The molecule has 0 heterocycles. The smallest absolute Gasteiger partial charge is 0.336 e. The minimum absolute atomic E-state index is 0.00852. The van der Waals surface area contributed by atoms with Crippen molar-refractivity contribution in [2.45, 2.75) is 13.1 Å². The molecule has 98 valence electrons. The fourth-order valence-corrected chi connectivity index (χ4v) is 1.25. The van der Waals surface area contributed by atoms with E-state index in [1.54, 1.807) is 12.7 Å². The number of hydroxylamine groups is 2. The molecule has 0 bridgehead atoms. The highest BCUT2D eigenvalue weighted by atomic mass is 35.5. The molecule has 0 aromatic rings. The highest BCUT2D eigenvalue weighted by molar-refractivity contribution is 6.32. The quantitative estimate of drug-likeness (QED) is 0.464. The summed E-state index contributed by atoms with van der Waals surface area (Å²) in [6.45, 7) is 1.78. The van der Waals surface area contributed by atoms with Crippen LogP contribution in [-0.2, 0) is 0 Å². The highest BCUT2D eigenvalue weighted by Crippen LogP contribution is 2.31. The lowest BCUT2D eigenvalue weighted by Gasteiger charge is -2.19. The number of hydrogen-bond acceptors (Lipinski definition) is 2. The number of carbonyl (C=O) groups excluding carboxylic acids is 1. The second-order valence-electron chi connectivity index (χ2n) is 3.15. The van der Waals surface area contributed by atoms with E-state index in [1.165, 1.54) is 0 Å². The number of amides is 2. The van der Waals surface area contributed by atoms with Crippen LogP contribution in [0, 0.1) is 0 Å².